The summed E-state index contributed by atoms with van der Waals surface area (Å²) in [6.07, 6.45) is 7.74. The maximum Gasteiger partial charge on any atom is 0.223 e. The molecule has 0 aromatic carbocycles. The number of hydrogen-bond acceptors (Lipinski definition) is 1. The van der Waals surface area contributed by atoms with E-state index in [1.165, 1.54) is 25.7 Å². The lowest BCUT2D eigenvalue weighted by Gasteiger charge is -2.12. The van der Waals surface area contributed by atoms with Crippen LogP contribution in [0.2, 0.25) is 0 Å². The lowest BCUT2D eigenvalue weighted by molar-refractivity contribution is -0.122. The monoisotopic (exact) mass is 167 g/mol. The summed E-state index contributed by atoms with van der Waals surface area (Å²) in [5.74, 6) is 1.52. The first-order valence-corrected chi connectivity index (χ1v) is 5.14. The summed E-state index contributed by atoms with van der Waals surface area (Å²) in [6.45, 7) is 0.913. The van der Waals surface area contributed by atoms with E-state index in [0.29, 0.717) is 11.8 Å². The number of amides is 1. The van der Waals surface area contributed by atoms with Crippen molar-refractivity contribution < 1.29 is 4.79 Å². The van der Waals surface area contributed by atoms with Gasteiger partial charge in [0.25, 0.3) is 0 Å². The van der Waals surface area contributed by atoms with Gasteiger partial charge in [-0.05, 0) is 18.8 Å². The van der Waals surface area contributed by atoms with Crippen molar-refractivity contribution in [1.82, 2.24) is 5.32 Å². The van der Waals surface area contributed by atoms with E-state index in [1.807, 2.05) is 0 Å². The highest BCUT2D eigenvalue weighted by Crippen LogP contribution is 2.32. The van der Waals surface area contributed by atoms with E-state index in [0.717, 1.165) is 25.3 Å². The second-order valence-corrected chi connectivity index (χ2v) is 4.16. The molecule has 1 N–H and O–H groups in total. The molecule has 1 amide bonds. The second kappa shape index (κ2) is 3.46. The highest BCUT2D eigenvalue weighted by atomic mass is 16.2. The molecule has 1 heterocycles. The van der Waals surface area contributed by atoms with Crippen LogP contribution in [0, 0.1) is 11.8 Å². The summed E-state index contributed by atoms with van der Waals surface area (Å²) in [5.41, 5.74) is 0. The van der Waals surface area contributed by atoms with E-state index in [-0.39, 0.29) is 0 Å². The summed E-state index contributed by atoms with van der Waals surface area (Å²) in [4.78, 5) is 11.3. The van der Waals surface area contributed by atoms with Crippen LogP contribution in [0.4, 0.5) is 0 Å². The molecular weight excluding hydrogens is 150 g/mol. The Balaban J connectivity index is 1.81. The molecule has 1 saturated carbocycles. The van der Waals surface area contributed by atoms with Crippen LogP contribution in [-0.2, 0) is 4.79 Å². The molecule has 0 aromatic rings. The van der Waals surface area contributed by atoms with E-state index in [4.69, 9.17) is 0 Å². The fourth-order valence-corrected chi connectivity index (χ4v) is 2.52. The average molecular weight is 167 g/mol. The molecule has 1 aliphatic carbocycles. The van der Waals surface area contributed by atoms with Crippen LogP contribution in [0.25, 0.3) is 0 Å². The third kappa shape index (κ3) is 1.62. The second-order valence-electron chi connectivity index (χ2n) is 4.16. The van der Waals surface area contributed by atoms with Gasteiger partial charge in [0.2, 0.25) is 5.91 Å². The van der Waals surface area contributed by atoms with Crippen LogP contribution in [-0.4, -0.2) is 12.5 Å². The Labute approximate surface area is 73.7 Å². The maximum atomic E-state index is 11.3. The normalized spacial score (nSPS) is 31.0. The first-order valence-electron chi connectivity index (χ1n) is 5.14. The summed E-state index contributed by atoms with van der Waals surface area (Å²) in [7, 11) is 0. The molecule has 0 spiro atoms. The van der Waals surface area contributed by atoms with E-state index < -0.39 is 0 Å². The van der Waals surface area contributed by atoms with Crippen molar-refractivity contribution in [2.75, 3.05) is 6.54 Å². The Kier molecular flexibility index (Phi) is 2.33. The van der Waals surface area contributed by atoms with Crippen molar-refractivity contribution in [2.24, 2.45) is 11.8 Å². The SMILES string of the molecule is O=C1NCCC1CC1CCCC1. The van der Waals surface area contributed by atoms with Crippen LogP contribution < -0.4 is 5.32 Å². The molecule has 1 saturated heterocycles. The highest BCUT2D eigenvalue weighted by molar-refractivity contribution is 5.80. The molecule has 12 heavy (non-hydrogen) atoms. The molecular formula is C10H17NO. The molecule has 2 nitrogen and oxygen atoms in total. The van der Waals surface area contributed by atoms with Crippen molar-refractivity contribution in [3.63, 3.8) is 0 Å². The van der Waals surface area contributed by atoms with Gasteiger partial charge in [-0.3, -0.25) is 4.79 Å². The minimum Gasteiger partial charge on any atom is -0.356 e. The van der Waals surface area contributed by atoms with E-state index in [9.17, 15) is 4.79 Å². The van der Waals surface area contributed by atoms with Gasteiger partial charge in [-0.2, -0.15) is 0 Å². The van der Waals surface area contributed by atoms with Crippen LogP contribution in [0.1, 0.15) is 38.5 Å². The maximum absolute atomic E-state index is 11.3. The first-order chi connectivity index (χ1) is 5.86. The predicted molar refractivity (Wildman–Crippen MR) is 47.7 cm³/mol. The molecule has 0 aromatic heterocycles. The third-order valence-corrected chi connectivity index (χ3v) is 3.26. The van der Waals surface area contributed by atoms with Gasteiger partial charge >= 0.3 is 0 Å². The molecule has 2 aliphatic rings. The smallest absolute Gasteiger partial charge is 0.223 e. The quantitative estimate of drug-likeness (QED) is 0.666. The number of rotatable bonds is 2. The predicted octanol–water partition coefficient (Wildman–Crippen LogP) is 1.70. The topological polar surface area (TPSA) is 29.1 Å². The van der Waals surface area contributed by atoms with Crippen LogP contribution in [0.15, 0.2) is 0 Å². The highest BCUT2D eigenvalue weighted by Gasteiger charge is 2.28. The van der Waals surface area contributed by atoms with Gasteiger partial charge in [0.15, 0.2) is 0 Å². The van der Waals surface area contributed by atoms with Crippen molar-refractivity contribution in [3.05, 3.63) is 0 Å². The fourth-order valence-electron chi connectivity index (χ4n) is 2.52. The van der Waals surface area contributed by atoms with Gasteiger partial charge in [-0.15, -0.1) is 0 Å². The van der Waals surface area contributed by atoms with Gasteiger partial charge in [0.05, 0.1) is 0 Å². The average Bonchev–Trinajstić information content (AvgIpc) is 2.65. The zero-order valence-electron chi connectivity index (χ0n) is 7.51. The number of nitrogens with one attached hydrogen (secondary N) is 1. The van der Waals surface area contributed by atoms with E-state index in [2.05, 4.69) is 5.32 Å². The molecule has 2 rings (SSSR count). The number of carbonyl (C=O) groups excluding carboxylic acids is 1. The molecule has 1 unspecified atom stereocenters. The summed E-state index contributed by atoms with van der Waals surface area (Å²) < 4.78 is 0. The summed E-state index contributed by atoms with van der Waals surface area (Å²) in [5, 5.41) is 2.90. The third-order valence-electron chi connectivity index (χ3n) is 3.26. The van der Waals surface area contributed by atoms with Crippen LogP contribution in [0.5, 0.6) is 0 Å². The Bertz CT molecular complexity index is 173. The van der Waals surface area contributed by atoms with Gasteiger partial charge in [-0.25, -0.2) is 0 Å². The molecule has 2 fully saturated rings. The molecule has 0 radical (unpaired) electrons. The molecule has 1 atom stereocenters. The van der Waals surface area contributed by atoms with E-state index in [1.54, 1.807) is 0 Å². The van der Waals surface area contributed by atoms with Crippen molar-refractivity contribution >= 4 is 5.91 Å². The van der Waals surface area contributed by atoms with Gasteiger partial charge in [0, 0.05) is 12.5 Å². The largest absolute Gasteiger partial charge is 0.356 e. The molecule has 68 valence electrons. The summed E-state index contributed by atoms with van der Waals surface area (Å²) in [6, 6.07) is 0. The number of hydrogen-bond donors (Lipinski definition) is 1. The van der Waals surface area contributed by atoms with Gasteiger partial charge in [-0.1, -0.05) is 25.7 Å². The Morgan fingerprint density at radius 3 is 2.58 bits per heavy atom. The van der Waals surface area contributed by atoms with Gasteiger partial charge < -0.3 is 5.32 Å². The Morgan fingerprint density at radius 1 is 1.25 bits per heavy atom. The standard InChI is InChI=1S/C10H17NO/c12-10-9(5-6-11-10)7-8-3-1-2-4-8/h8-9H,1-7H2,(H,11,12). The Hall–Kier alpha value is -0.530. The lowest BCUT2D eigenvalue weighted by Crippen LogP contribution is -2.20. The first kappa shape index (κ1) is 8.09. The summed E-state index contributed by atoms with van der Waals surface area (Å²) >= 11 is 0. The van der Waals surface area contributed by atoms with Crippen molar-refractivity contribution in [2.45, 2.75) is 38.5 Å². The van der Waals surface area contributed by atoms with E-state index >= 15 is 0 Å². The minimum atomic E-state index is 0.307. The minimum absolute atomic E-state index is 0.307. The van der Waals surface area contributed by atoms with Crippen LogP contribution in [0.3, 0.4) is 0 Å². The van der Waals surface area contributed by atoms with Crippen molar-refractivity contribution in [3.8, 4) is 0 Å². The zero-order chi connectivity index (χ0) is 8.39. The van der Waals surface area contributed by atoms with Crippen molar-refractivity contribution in [1.29, 1.82) is 0 Å². The lowest BCUT2D eigenvalue weighted by atomic mass is 9.92. The molecule has 0 bridgehead atoms. The Morgan fingerprint density at radius 2 is 2.00 bits per heavy atom. The molecule has 1 aliphatic heterocycles. The number of carbonyl (C=O) groups is 1. The molecule has 2 heteroatoms. The fraction of sp³-hybridized carbons (Fsp3) is 0.900. The van der Waals surface area contributed by atoms with Gasteiger partial charge in [0.1, 0.15) is 0 Å². The van der Waals surface area contributed by atoms with Crippen LogP contribution >= 0.6 is 0 Å². The zero-order valence-corrected chi connectivity index (χ0v) is 7.51.